The van der Waals surface area contributed by atoms with Crippen LogP contribution >= 0.6 is 0 Å². The first kappa shape index (κ1) is 10.9. The summed E-state index contributed by atoms with van der Waals surface area (Å²) in [6.07, 6.45) is 2.59. The summed E-state index contributed by atoms with van der Waals surface area (Å²) in [4.78, 5) is 4.28. The Morgan fingerprint density at radius 3 is 2.86 bits per heavy atom. The number of rotatable bonds is 5. The molecule has 0 aromatic carbocycles. The molecule has 1 heterocycles. The zero-order chi connectivity index (χ0) is 10.4. The van der Waals surface area contributed by atoms with Gasteiger partial charge in [-0.25, -0.2) is 0 Å². The number of pyridine rings is 1. The van der Waals surface area contributed by atoms with Gasteiger partial charge in [0, 0.05) is 13.3 Å². The van der Waals surface area contributed by atoms with E-state index in [1.165, 1.54) is 0 Å². The minimum absolute atomic E-state index is 0.594. The molecule has 14 heavy (non-hydrogen) atoms. The van der Waals surface area contributed by atoms with Gasteiger partial charge >= 0.3 is 0 Å². The number of methoxy groups -OCH3 is 1. The van der Waals surface area contributed by atoms with E-state index in [-0.39, 0.29) is 0 Å². The van der Waals surface area contributed by atoms with Crippen LogP contribution in [0, 0.1) is 0 Å². The van der Waals surface area contributed by atoms with E-state index in [2.05, 4.69) is 11.6 Å². The van der Waals surface area contributed by atoms with E-state index in [0.29, 0.717) is 13.2 Å². The van der Waals surface area contributed by atoms with E-state index in [1.807, 2.05) is 12.1 Å². The van der Waals surface area contributed by atoms with Crippen molar-refractivity contribution in [2.75, 3.05) is 13.7 Å². The quantitative estimate of drug-likeness (QED) is 0.770. The highest BCUT2D eigenvalue weighted by Gasteiger charge is 1.99. The zero-order valence-corrected chi connectivity index (χ0v) is 8.49. The number of aromatic nitrogens is 1. The molecule has 3 heteroatoms. The van der Waals surface area contributed by atoms with Crippen molar-refractivity contribution in [2.24, 2.45) is 5.73 Å². The largest absolute Gasteiger partial charge is 0.380 e. The maximum Gasteiger partial charge on any atom is 0.0728 e. The van der Waals surface area contributed by atoms with Crippen molar-refractivity contribution in [3.05, 3.63) is 36.2 Å². The Hall–Kier alpha value is -1.19. The van der Waals surface area contributed by atoms with Crippen LogP contribution in [-0.2, 0) is 11.3 Å². The monoisotopic (exact) mass is 192 g/mol. The maximum atomic E-state index is 5.44. The number of ether oxygens (including phenoxy) is 1. The first-order valence-corrected chi connectivity index (χ1v) is 4.60. The highest BCUT2D eigenvalue weighted by molar-refractivity contribution is 5.59. The number of hydrogen-bond donors (Lipinski definition) is 1. The van der Waals surface area contributed by atoms with Gasteiger partial charge in [-0.15, -0.1) is 0 Å². The molecule has 0 aliphatic heterocycles. The van der Waals surface area contributed by atoms with Gasteiger partial charge in [0.15, 0.2) is 0 Å². The Kier molecular flexibility index (Phi) is 4.29. The highest BCUT2D eigenvalue weighted by Crippen LogP contribution is 2.13. The van der Waals surface area contributed by atoms with Crippen molar-refractivity contribution < 1.29 is 4.74 Å². The van der Waals surface area contributed by atoms with E-state index in [0.717, 1.165) is 23.3 Å². The van der Waals surface area contributed by atoms with E-state index < -0.39 is 0 Å². The summed E-state index contributed by atoms with van der Waals surface area (Å²) < 4.78 is 4.99. The fourth-order valence-electron chi connectivity index (χ4n) is 1.19. The van der Waals surface area contributed by atoms with Gasteiger partial charge in [0.1, 0.15) is 0 Å². The molecular weight excluding hydrogens is 176 g/mol. The summed E-state index contributed by atoms with van der Waals surface area (Å²) in [5.41, 5.74) is 8.40. The van der Waals surface area contributed by atoms with E-state index in [9.17, 15) is 0 Å². The molecule has 3 nitrogen and oxygen atoms in total. The van der Waals surface area contributed by atoms with E-state index >= 15 is 0 Å². The molecule has 2 N–H and O–H groups in total. The standard InChI is InChI=1S/C11H16N2O/c1-9(5-6-12)11-4-3-10(7-13-11)8-14-2/h3-4,7H,1,5-6,8,12H2,2H3. The van der Waals surface area contributed by atoms with Gasteiger partial charge in [-0.3, -0.25) is 4.98 Å². The molecule has 0 saturated heterocycles. The first-order valence-electron chi connectivity index (χ1n) is 4.60. The van der Waals surface area contributed by atoms with Crippen LogP contribution in [0.5, 0.6) is 0 Å². The average Bonchev–Trinajstić information content (AvgIpc) is 2.20. The van der Waals surface area contributed by atoms with Crippen LogP contribution < -0.4 is 5.73 Å². The minimum atomic E-state index is 0.594. The van der Waals surface area contributed by atoms with E-state index in [1.54, 1.807) is 13.3 Å². The van der Waals surface area contributed by atoms with Crippen molar-refractivity contribution in [1.82, 2.24) is 4.98 Å². The highest BCUT2D eigenvalue weighted by atomic mass is 16.5. The van der Waals surface area contributed by atoms with Crippen molar-refractivity contribution in [2.45, 2.75) is 13.0 Å². The molecule has 0 aliphatic carbocycles. The van der Waals surface area contributed by atoms with Crippen LogP contribution in [0.4, 0.5) is 0 Å². The predicted molar refractivity (Wildman–Crippen MR) is 57.7 cm³/mol. The lowest BCUT2D eigenvalue weighted by Gasteiger charge is -2.04. The lowest BCUT2D eigenvalue weighted by atomic mass is 10.1. The molecule has 1 aromatic rings. The summed E-state index contributed by atoms with van der Waals surface area (Å²) in [7, 11) is 1.67. The van der Waals surface area contributed by atoms with Crippen LogP contribution in [0.3, 0.4) is 0 Å². The number of nitrogens with zero attached hydrogens (tertiary/aromatic N) is 1. The lowest BCUT2D eigenvalue weighted by Crippen LogP contribution is -2.00. The Morgan fingerprint density at radius 1 is 1.57 bits per heavy atom. The third kappa shape index (κ3) is 2.94. The Labute approximate surface area is 84.6 Å². The third-order valence-electron chi connectivity index (χ3n) is 1.94. The molecular formula is C11H16N2O. The molecule has 0 atom stereocenters. The second-order valence-corrected chi connectivity index (χ2v) is 3.13. The van der Waals surface area contributed by atoms with Crippen LogP contribution in [0.2, 0.25) is 0 Å². The average molecular weight is 192 g/mol. The van der Waals surface area contributed by atoms with Crippen molar-refractivity contribution in [1.29, 1.82) is 0 Å². The van der Waals surface area contributed by atoms with Crippen LogP contribution in [0.1, 0.15) is 17.7 Å². The number of hydrogen-bond acceptors (Lipinski definition) is 3. The fourth-order valence-corrected chi connectivity index (χ4v) is 1.19. The summed E-state index contributed by atoms with van der Waals surface area (Å²) in [6.45, 7) is 5.12. The molecule has 0 bridgehead atoms. The molecule has 0 spiro atoms. The number of nitrogens with two attached hydrogens (primary N) is 1. The molecule has 0 amide bonds. The Balaban J connectivity index is 2.67. The maximum absolute atomic E-state index is 5.44. The minimum Gasteiger partial charge on any atom is -0.380 e. The molecule has 0 radical (unpaired) electrons. The van der Waals surface area contributed by atoms with Gasteiger partial charge in [-0.1, -0.05) is 12.6 Å². The topological polar surface area (TPSA) is 48.1 Å². The lowest BCUT2D eigenvalue weighted by molar-refractivity contribution is 0.184. The van der Waals surface area contributed by atoms with Gasteiger partial charge < -0.3 is 10.5 Å². The molecule has 0 aliphatic rings. The zero-order valence-electron chi connectivity index (χ0n) is 8.49. The van der Waals surface area contributed by atoms with Crippen molar-refractivity contribution >= 4 is 5.57 Å². The van der Waals surface area contributed by atoms with Gasteiger partial charge in [0.25, 0.3) is 0 Å². The summed E-state index contributed by atoms with van der Waals surface area (Å²) in [6, 6.07) is 3.94. The fraction of sp³-hybridized carbons (Fsp3) is 0.364. The smallest absolute Gasteiger partial charge is 0.0728 e. The molecule has 0 unspecified atom stereocenters. The molecule has 1 rings (SSSR count). The summed E-state index contributed by atoms with van der Waals surface area (Å²) in [5.74, 6) is 0. The second-order valence-electron chi connectivity index (χ2n) is 3.13. The first-order chi connectivity index (χ1) is 6.77. The molecule has 0 fully saturated rings. The van der Waals surface area contributed by atoms with Gasteiger partial charge in [-0.2, -0.15) is 0 Å². The van der Waals surface area contributed by atoms with Crippen molar-refractivity contribution in [3.8, 4) is 0 Å². The van der Waals surface area contributed by atoms with Gasteiger partial charge in [0.05, 0.1) is 12.3 Å². The molecule has 76 valence electrons. The van der Waals surface area contributed by atoms with Gasteiger partial charge in [-0.05, 0) is 30.2 Å². The summed E-state index contributed by atoms with van der Waals surface area (Å²) in [5, 5.41) is 0. The Morgan fingerprint density at radius 2 is 2.36 bits per heavy atom. The SMILES string of the molecule is C=C(CCN)c1ccc(COC)cn1. The van der Waals surface area contributed by atoms with Crippen molar-refractivity contribution in [3.63, 3.8) is 0 Å². The molecule has 1 aromatic heterocycles. The van der Waals surface area contributed by atoms with Crippen LogP contribution in [0.15, 0.2) is 24.9 Å². The summed E-state index contributed by atoms with van der Waals surface area (Å²) >= 11 is 0. The Bertz CT molecular complexity index is 293. The van der Waals surface area contributed by atoms with Crippen LogP contribution in [0.25, 0.3) is 5.57 Å². The van der Waals surface area contributed by atoms with Crippen LogP contribution in [-0.4, -0.2) is 18.6 Å². The molecule has 0 saturated carbocycles. The van der Waals surface area contributed by atoms with Gasteiger partial charge in [0.2, 0.25) is 0 Å². The van der Waals surface area contributed by atoms with E-state index in [4.69, 9.17) is 10.5 Å². The third-order valence-corrected chi connectivity index (χ3v) is 1.94. The second kappa shape index (κ2) is 5.52. The predicted octanol–water partition coefficient (Wildman–Crippen LogP) is 1.59. The normalized spacial score (nSPS) is 10.1.